The van der Waals surface area contributed by atoms with Crippen LogP contribution in [0.3, 0.4) is 0 Å². The van der Waals surface area contributed by atoms with E-state index in [0.717, 1.165) is 11.3 Å². The predicted molar refractivity (Wildman–Crippen MR) is 99.8 cm³/mol. The van der Waals surface area contributed by atoms with Crippen LogP contribution in [0, 0.1) is 0 Å². The van der Waals surface area contributed by atoms with Gasteiger partial charge in [-0.15, -0.1) is 11.3 Å². The molecule has 1 unspecified atom stereocenters. The van der Waals surface area contributed by atoms with Crippen LogP contribution in [0.5, 0.6) is 0 Å². The highest BCUT2D eigenvalue weighted by Gasteiger charge is 2.36. The lowest BCUT2D eigenvalue weighted by Crippen LogP contribution is -2.55. The molecular weight excluding hydrogens is 375 g/mol. The number of thiophene rings is 1. The number of sulfonamides is 1. The smallest absolute Gasteiger partial charge is 0.423 e. The molecule has 0 aliphatic carbocycles. The van der Waals surface area contributed by atoms with Crippen molar-refractivity contribution in [3.05, 3.63) is 48.0 Å². The van der Waals surface area contributed by atoms with Crippen LogP contribution in [0.15, 0.2) is 46.7 Å². The van der Waals surface area contributed by atoms with E-state index in [1.807, 2.05) is 6.07 Å². The first kappa shape index (κ1) is 19.1. The molecule has 3 rings (SSSR count). The maximum atomic E-state index is 12.8. The highest BCUT2D eigenvalue weighted by molar-refractivity contribution is 7.91. The monoisotopic (exact) mass is 394 g/mol. The molecule has 26 heavy (non-hydrogen) atoms. The third-order valence-electron chi connectivity index (χ3n) is 4.29. The van der Waals surface area contributed by atoms with Gasteiger partial charge < -0.3 is 14.9 Å². The van der Waals surface area contributed by atoms with Gasteiger partial charge in [0.05, 0.1) is 0 Å². The average Bonchev–Trinajstić information content (AvgIpc) is 3.13. The first-order valence-corrected chi connectivity index (χ1v) is 10.4. The van der Waals surface area contributed by atoms with Crippen molar-refractivity contribution in [1.29, 1.82) is 0 Å². The first-order valence-electron chi connectivity index (χ1n) is 8.12. The minimum atomic E-state index is -3.75. The number of piperazine rings is 1. The molecule has 10 heteroatoms. The average molecular weight is 394 g/mol. The molecule has 7 nitrogen and oxygen atoms in total. The number of nitrogens with zero attached hydrogens (tertiary/aromatic N) is 2. The van der Waals surface area contributed by atoms with Crippen molar-refractivity contribution >= 4 is 39.2 Å². The summed E-state index contributed by atoms with van der Waals surface area (Å²) in [5.41, 5.74) is 0.579. The van der Waals surface area contributed by atoms with E-state index in [2.05, 4.69) is 0 Å². The van der Waals surface area contributed by atoms with Gasteiger partial charge in [-0.1, -0.05) is 24.3 Å². The third kappa shape index (κ3) is 3.69. The van der Waals surface area contributed by atoms with Crippen molar-refractivity contribution in [2.75, 3.05) is 19.6 Å². The van der Waals surface area contributed by atoms with Crippen molar-refractivity contribution in [3.8, 4) is 0 Å². The summed E-state index contributed by atoms with van der Waals surface area (Å²) in [6.07, 6.45) is 0. The minimum Gasteiger partial charge on any atom is -0.423 e. The molecule has 1 saturated heterocycles. The summed E-state index contributed by atoms with van der Waals surface area (Å²) in [7, 11) is -5.44. The van der Waals surface area contributed by atoms with Crippen molar-refractivity contribution in [2.45, 2.75) is 17.2 Å². The molecule has 1 aromatic heterocycles. The van der Waals surface area contributed by atoms with E-state index in [0.29, 0.717) is 18.7 Å². The van der Waals surface area contributed by atoms with E-state index >= 15 is 0 Å². The lowest BCUT2D eigenvalue weighted by Gasteiger charge is -2.38. The summed E-state index contributed by atoms with van der Waals surface area (Å²) in [6, 6.07) is 11.3. The molecule has 0 saturated carbocycles. The quantitative estimate of drug-likeness (QED) is 0.710. The van der Waals surface area contributed by atoms with Crippen LogP contribution in [-0.4, -0.2) is 66.4 Å². The Kier molecular flexibility index (Phi) is 5.49. The number of amides is 1. The maximum absolute atomic E-state index is 12.8. The van der Waals surface area contributed by atoms with Gasteiger partial charge in [0.15, 0.2) is 0 Å². The molecule has 138 valence electrons. The normalized spacial score (nSPS) is 18.7. The number of carbonyl (C=O) groups excluding carboxylic acids is 1. The van der Waals surface area contributed by atoms with Gasteiger partial charge in [-0.05, 0) is 25.1 Å². The van der Waals surface area contributed by atoms with Crippen LogP contribution in [0.4, 0.5) is 0 Å². The van der Waals surface area contributed by atoms with Crippen molar-refractivity contribution in [3.63, 3.8) is 0 Å². The Morgan fingerprint density at radius 3 is 2.42 bits per heavy atom. The van der Waals surface area contributed by atoms with Gasteiger partial charge >= 0.3 is 7.12 Å². The number of benzene rings is 1. The number of hydrogen-bond donors (Lipinski definition) is 2. The number of carbonyl (C=O) groups is 1. The molecule has 0 spiro atoms. The zero-order chi connectivity index (χ0) is 18.9. The largest absolute Gasteiger partial charge is 0.499 e. The molecule has 1 aromatic carbocycles. The summed E-state index contributed by atoms with van der Waals surface area (Å²) in [4.78, 5) is 14.2. The maximum Gasteiger partial charge on any atom is 0.499 e. The van der Waals surface area contributed by atoms with Gasteiger partial charge in [-0.25, -0.2) is 8.42 Å². The van der Waals surface area contributed by atoms with Crippen LogP contribution in [0.2, 0.25) is 0 Å². The van der Waals surface area contributed by atoms with Gasteiger partial charge in [0.1, 0.15) is 4.21 Å². The van der Waals surface area contributed by atoms with Crippen molar-refractivity contribution in [2.24, 2.45) is 0 Å². The molecule has 1 aliphatic rings. The highest BCUT2D eigenvalue weighted by Crippen LogP contribution is 2.24. The summed E-state index contributed by atoms with van der Waals surface area (Å²) in [5, 5.41) is 18.4. The Hall–Kier alpha value is -1.72. The van der Waals surface area contributed by atoms with E-state index in [4.69, 9.17) is 0 Å². The second kappa shape index (κ2) is 7.49. The molecule has 2 N–H and O–H groups in total. The molecule has 1 fully saturated rings. The Morgan fingerprint density at radius 2 is 1.85 bits per heavy atom. The van der Waals surface area contributed by atoms with Crippen LogP contribution in [-0.2, 0) is 10.0 Å². The van der Waals surface area contributed by atoms with E-state index in [-0.39, 0.29) is 27.5 Å². The lowest BCUT2D eigenvalue weighted by atomic mass is 9.90. The molecule has 0 radical (unpaired) electrons. The Labute approximate surface area is 156 Å². The second-order valence-corrected chi connectivity index (χ2v) is 9.35. The van der Waals surface area contributed by atoms with E-state index in [1.54, 1.807) is 36.1 Å². The third-order valence-corrected chi connectivity index (χ3v) is 7.90. The first-order chi connectivity index (χ1) is 12.3. The van der Waals surface area contributed by atoms with Gasteiger partial charge in [-0.3, -0.25) is 4.79 Å². The van der Waals surface area contributed by atoms with Gasteiger partial charge in [0.25, 0.3) is 15.9 Å². The Morgan fingerprint density at radius 1 is 1.15 bits per heavy atom. The van der Waals surface area contributed by atoms with Gasteiger partial charge in [0, 0.05) is 36.0 Å². The SMILES string of the molecule is CC1CN(C(=O)c2ccccc2)CCN1S(=O)(=O)c1ccc(B(O)O)s1. The predicted octanol–water partition coefficient (Wildman–Crippen LogP) is -0.0369. The van der Waals surface area contributed by atoms with E-state index in [1.165, 1.54) is 16.4 Å². The topological polar surface area (TPSA) is 98.2 Å². The number of hydrogen-bond acceptors (Lipinski definition) is 6. The second-order valence-electron chi connectivity index (χ2n) is 6.11. The molecule has 1 atom stereocenters. The van der Waals surface area contributed by atoms with Gasteiger partial charge in [-0.2, -0.15) is 4.31 Å². The fourth-order valence-electron chi connectivity index (χ4n) is 2.97. The molecule has 1 aliphatic heterocycles. The Bertz CT molecular complexity index is 885. The van der Waals surface area contributed by atoms with E-state index in [9.17, 15) is 23.3 Å². The zero-order valence-corrected chi connectivity index (χ0v) is 15.8. The van der Waals surface area contributed by atoms with Crippen LogP contribution in [0.25, 0.3) is 0 Å². The van der Waals surface area contributed by atoms with Crippen LogP contribution < -0.4 is 4.78 Å². The highest BCUT2D eigenvalue weighted by atomic mass is 32.2. The van der Waals surface area contributed by atoms with Gasteiger partial charge in [0.2, 0.25) is 0 Å². The van der Waals surface area contributed by atoms with Crippen LogP contribution >= 0.6 is 11.3 Å². The molecule has 0 bridgehead atoms. The standard InChI is InChI=1S/C16H19BN2O5S2/c1-12-11-18(16(20)13-5-3-2-4-6-13)9-10-19(12)26(23,24)15-8-7-14(25-15)17(21)22/h2-8,12,21-22H,9-11H2,1H3. The summed E-state index contributed by atoms with van der Waals surface area (Å²) in [6.45, 7) is 2.56. The summed E-state index contributed by atoms with van der Waals surface area (Å²) >= 11 is 0.837. The minimum absolute atomic E-state index is 0.0651. The van der Waals surface area contributed by atoms with Crippen LogP contribution in [0.1, 0.15) is 17.3 Å². The fourth-order valence-corrected chi connectivity index (χ4v) is 5.91. The van der Waals surface area contributed by atoms with Crippen molar-refractivity contribution in [1.82, 2.24) is 9.21 Å². The van der Waals surface area contributed by atoms with E-state index < -0.39 is 17.1 Å². The molecule has 1 amide bonds. The number of rotatable bonds is 4. The van der Waals surface area contributed by atoms with Crippen molar-refractivity contribution < 1.29 is 23.3 Å². The molecule has 2 heterocycles. The zero-order valence-electron chi connectivity index (χ0n) is 14.1. The molecular formula is C16H19BN2O5S2. The lowest BCUT2D eigenvalue weighted by molar-refractivity contribution is 0.0642. The summed E-state index contributed by atoms with van der Waals surface area (Å²) in [5.74, 6) is -0.115. The summed E-state index contributed by atoms with van der Waals surface area (Å²) < 4.78 is 27.3. The molecule has 2 aromatic rings. The Balaban J connectivity index is 1.75. The fraction of sp³-hybridized carbons (Fsp3) is 0.312.